The number of carbonyl (C=O) groups excluding carboxylic acids is 1. The third-order valence-electron chi connectivity index (χ3n) is 2.55. The monoisotopic (exact) mass is 246 g/mol. The summed E-state index contributed by atoms with van der Waals surface area (Å²) in [6, 6.07) is 11.7. The van der Waals surface area contributed by atoms with Gasteiger partial charge < -0.3 is 10.1 Å². The molecule has 4 heteroatoms. The molecule has 0 aliphatic rings. The smallest absolute Gasteiger partial charge is 0.407 e. The summed E-state index contributed by atoms with van der Waals surface area (Å²) >= 11 is 0. The van der Waals surface area contributed by atoms with E-state index in [-0.39, 0.29) is 6.04 Å². The zero-order chi connectivity index (χ0) is 13.2. The third kappa shape index (κ3) is 4.88. The van der Waals surface area contributed by atoms with Crippen molar-refractivity contribution in [3.63, 3.8) is 0 Å². The van der Waals surface area contributed by atoms with Gasteiger partial charge in [0.1, 0.15) is 0 Å². The number of amides is 1. The topological polar surface area (TPSA) is 62.1 Å². The summed E-state index contributed by atoms with van der Waals surface area (Å²) in [4.78, 5) is 11.5. The Morgan fingerprint density at radius 3 is 2.78 bits per heavy atom. The van der Waals surface area contributed by atoms with Gasteiger partial charge in [0.05, 0.1) is 18.7 Å². The van der Waals surface area contributed by atoms with Gasteiger partial charge in [0.2, 0.25) is 0 Å². The number of alkyl carbamates (subject to hydrolysis) is 1. The lowest BCUT2D eigenvalue weighted by atomic mass is 10.0. The predicted molar refractivity (Wildman–Crippen MR) is 68.8 cm³/mol. The normalized spacial score (nSPS) is 11.3. The largest absolute Gasteiger partial charge is 0.450 e. The molecule has 0 aliphatic carbocycles. The van der Waals surface area contributed by atoms with Gasteiger partial charge in [0.15, 0.2) is 0 Å². The van der Waals surface area contributed by atoms with Gasteiger partial charge in [-0.05, 0) is 25.3 Å². The van der Waals surface area contributed by atoms with Crippen molar-refractivity contribution >= 4 is 6.09 Å². The second-order valence-corrected chi connectivity index (χ2v) is 3.88. The van der Waals surface area contributed by atoms with Crippen molar-refractivity contribution in [2.24, 2.45) is 0 Å². The highest BCUT2D eigenvalue weighted by atomic mass is 16.5. The van der Waals surface area contributed by atoms with Crippen LogP contribution in [-0.4, -0.2) is 12.7 Å². The van der Waals surface area contributed by atoms with Gasteiger partial charge in [-0.1, -0.05) is 30.3 Å². The van der Waals surface area contributed by atoms with Crippen LogP contribution in [0.2, 0.25) is 0 Å². The first-order valence-corrected chi connectivity index (χ1v) is 6.13. The number of nitrogens with zero attached hydrogens (tertiary/aromatic N) is 1. The van der Waals surface area contributed by atoms with Crippen molar-refractivity contribution in [1.82, 2.24) is 5.32 Å². The van der Waals surface area contributed by atoms with Gasteiger partial charge in [-0.2, -0.15) is 5.26 Å². The van der Waals surface area contributed by atoms with Crippen molar-refractivity contribution in [3.8, 4) is 6.07 Å². The SMILES string of the molecule is CCOC(=O)NC(CCCC#N)c1ccccc1. The van der Waals surface area contributed by atoms with Gasteiger partial charge in [0.25, 0.3) is 0 Å². The van der Waals surface area contributed by atoms with Crippen molar-refractivity contribution in [2.75, 3.05) is 6.61 Å². The molecule has 0 bridgehead atoms. The van der Waals surface area contributed by atoms with E-state index in [2.05, 4.69) is 11.4 Å². The molecule has 0 aromatic heterocycles. The fraction of sp³-hybridized carbons (Fsp3) is 0.429. The van der Waals surface area contributed by atoms with Crippen LogP contribution < -0.4 is 5.32 Å². The maximum atomic E-state index is 11.5. The minimum atomic E-state index is -0.414. The quantitative estimate of drug-likeness (QED) is 0.784. The molecule has 0 saturated heterocycles. The van der Waals surface area contributed by atoms with Crippen LogP contribution in [0.15, 0.2) is 30.3 Å². The number of carbonyl (C=O) groups is 1. The highest BCUT2D eigenvalue weighted by Crippen LogP contribution is 2.19. The Kier molecular flexibility index (Phi) is 6.34. The molecule has 0 radical (unpaired) electrons. The van der Waals surface area contributed by atoms with Gasteiger partial charge >= 0.3 is 6.09 Å². The summed E-state index contributed by atoms with van der Waals surface area (Å²) in [5, 5.41) is 11.4. The van der Waals surface area contributed by atoms with Crippen LogP contribution in [0.4, 0.5) is 4.79 Å². The first kappa shape index (κ1) is 14.0. The van der Waals surface area contributed by atoms with Gasteiger partial charge in [-0.3, -0.25) is 0 Å². The van der Waals surface area contributed by atoms with Gasteiger partial charge in [-0.15, -0.1) is 0 Å². The molecule has 0 saturated carbocycles. The lowest BCUT2D eigenvalue weighted by Crippen LogP contribution is -2.29. The number of nitriles is 1. The number of ether oxygens (including phenoxy) is 1. The molecule has 1 aromatic rings. The van der Waals surface area contributed by atoms with Crippen molar-refractivity contribution in [1.29, 1.82) is 5.26 Å². The maximum absolute atomic E-state index is 11.5. The van der Waals surface area contributed by atoms with Gasteiger partial charge in [0, 0.05) is 6.42 Å². The molecule has 0 heterocycles. The molecular weight excluding hydrogens is 228 g/mol. The first-order valence-electron chi connectivity index (χ1n) is 6.13. The Bertz CT molecular complexity index is 398. The zero-order valence-corrected chi connectivity index (χ0v) is 10.6. The molecule has 96 valence electrons. The van der Waals surface area contributed by atoms with E-state index in [1.807, 2.05) is 30.3 Å². The lowest BCUT2D eigenvalue weighted by molar-refractivity contribution is 0.147. The molecule has 4 nitrogen and oxygen atoms in total. The van der Waals surface area contributed by atoms with Crippen molar-refractivity contribution in [2.45, 2.75) is 32.2 Å². The second-order valence-electron chi connectivity index (χ2n) is 3.88. The Labute approximate surface area is 108 Å². The van der Waals surface area contributed by atoms with Crippen LogP contribution in [0.25, 0.3) is 0 Å². The first-order chi connectivity index (χ1) is 8.77. The number of hydrogen-bond donors (Lipinski definition) is 1. The van der Waals surface area contributed by atoms with E-state index in [1.54, 1.807) is 6.92 Å². The molecule has 1 amide bonds. The summed E-state index contributed by atoms with van der Waals surface area (Å²) in [6.45, 7) is 2.12. The molecule has 1 aromatic carbocycles. The Hall–Kier alpha value is -2.02. The number of benzene rings is 1. The number of unbranched alkanes of at least 4 members (excludes halogenated alkanes) is 1. The van der Waals surface area contributed by atoms with Crippen LogP contribution in [-0.2, 0) is 4.74 Å². The van der Waals surface area contributed by atoms with E-state index in [1.165, 1.54) is 0 Å². The van der Waals surface area contributed by atoms with E-state index < -0.39 is 6.09 Å². The van der Waals surface area contributed by atoms with E-state index in [4.69, 9.17) is 10.00 Å². The van der Waals surface area contributed by atoms with Crippen LogP contribution in [0.5, 0.6) is 0 Å². The minimum Gasteiger partial charge on any atom is -0.450 e. The summed E-state index contributed by atoms with van der Waals surface area (Å²) in [7, 11) is 0. The third-order valence-corrected chi connectivity index (χ3v) is 2.55. The van der Waals surface area contributed by atoms with Crippen molar-refractivity contribution in [3.05, 3.63) is 35.9 Å². The standard InChI is InChI=1S/C14H18N2O2/c1-2-18-14(17)16-13(10-6-7-11-15)12-8-4-3-5-9-12/h3-5,8-9,13H,2,6-7,10H2,1H3,(H,16,17). The highest BCUT2D eigenvalue weighted by molar-refractivity contribution is 5.67. The molecule has 1 atom stereocenters. The molecule has 1 unspecified atom stereocenters. The molecule has 0 aliphatic heterocycles. The van der Waals surface area contributed by atoms with Crippen molar-refractivity contribution < 1.29 is 9.53 Å². The van der Waals surface area contributed by atoms with E-state index in [9.17, 15) is 4.79 Å². The van der Waals surface area contributed by atoms with E-state index in [0.29, 0.717) is 13.0 Å². The fourth-order valence-electron chi connectivity index (χ4n) is 1.71. The fourth-order valence-corrected chi connectivity index (χ4v) is 1.71. The predicted octanol–water partition coefficient (Wildman–Crippen LogP) is 3.17. The van der Waals surface area contributed by atoms with E-state index >= 15 is 0 Å². The molecule has 0 fully saturated rings. The average Bonchev–Trinajstić information content (AvgIpc) is 2.39. The zero-order valence-electron chi connectivity index (χ0n) is 10.6. The minimum absolute atomic E-state index is 0.0985. The number of nitrogens with one attached hydrogen (secondary N) is 1. The number of rotatable bonds is 6. The van der Waals surface area contributed by atoms with Crippen LogP contribution in [0.1, 0.15) is 37.8 Å². The summed E-state index contributed by atoms with van der Waals surface area (Å²) in [5.41, 5.74) is 1.03. The molecule has 1 rings (SSSR count). The van der Waals surface area contributed by atoms with E-state index in [0.717, 1.165) is 18.4 Å². The van der Waals surface area contributed by atoms with Gasteiger partial charge in [-0.25, -0.2) is 4.79 Å². The lowest BCUT2D eigenvalue weighted by Gasteiger charge is -2.18. The molecular formula is C14H18N2O2. The molecule has 1 N–H and O–H groups in total. The molecule has 0 spiro atoms. The summed E-state index contributed by atoms with van der Waals surface area (Å²) in [5.74, 6) is 0. The van der Waals surface area contributed by atoms with Crippen LogP contribution >= 0.6 is 0 Å². The maximum Gasteiger partial charge on any atom is 0.407 e. The summed E-state index contributed by atoms with van der Waals surface area (Å²) < 4.78 is 4.89. The second kappa shape index (κ2) is 8.13. The number of hydrogen-bond acceptors (Lipinski definition) is 3. The molecule has 18 heavy (non-hydrogen) atoms. The average molecular weight is 246 g/mol. The van der Waals surface area contributed by atoms with Crippen LogP contribution in [0.3, 0.4) is 0 Å². The summed E-state index contributed by atoms with van der Waals surface area (Å²) in [6.07, 6.45) is 1.57. The Balaban J connectivity index is 2.63. The highest BCUT2D eigenvalue weighted by Gasteiger charge is 2.14. The Morgan fingerprint density at radius 1 is 1.44 bits per heavy atom. The van der Waals surface area contributed by atoms with Crippen LogP contribution in [0, 0.1) is 11.3 Å². The Morgan fingerprint density at radius 2 is 2.17 bits per heavy atom.